The SMILES string of the molecule is CN(c1ncc(B2OC(C)(C)C(C)(C)O2)cn1)[C@H]1CCCN(C(=O)C(O)CO)C1. The maximum atomic E-state index is 12.2. The molecule has 0 spiro atoms. The van der Waals surface area contributed by atoms with Crippen LogP contribution in [0, 0.1) is 0 Å². The minimum Gasteiger partial charge on any atom is -0.399 e. The van der Waals surface area contributed by atoms with E-state index in [-0.39, 0.29) is 6.04 Å². The van der Waals surface area contributed by atoms with E-state index in [0.29, 0.717) is 19.0 Å². The number of carbonyl (C=O) groups excluding carboxylic acids is 1. The summed E-state index contributed by atoms with van der Waals surface area (Å²) in [6, 6.07) is 0.0290. The van der Waals surface area contributed by atoms with Gasteiger partial charge in [0.15, 0.2) is 6.10 Å². The zero-order valence-electron chi connectivity index (χ0n) is 17.8. The Bertz CT molecular complexity index is 714. The Kier molecular flexibility index (Phi) is 6.19. The number of hydrogen-bond acceptors (Lipinski definition) is 8. The van der Waals surface area contributed by atoms with Gasteiger partial charge >= 0.3 is 7.12 Å². The van der Waals surface area contributed by atoms with Gasteiger partial charge in [0.25, 0.3) is 5.91 Å². The van der Waals surface area contributed by atoms with Gasteiger partial charge in [-0.3, -0.25) is 4.79 Å². The Morgan fingerprint density at radius 3 is 2.45 bits per heavy atom. The van der Waals surface area contributed by atoms with E-state index in [4.69, 9.17) is 14.4 Å². The molecule has 1 aromatic heterocycles. The number of aliphatic hydroxyl groups excluding tert-OH is 2. The van der Waals surface area contributed by atoms with Crippen LogP contribution in [-0.4, -0.2) is 88.2 Å². The van der Waals surface area contributed by atoms with Gasteiger partial charge in [-0.25, -0.2) is 9.97 Å². The minimum atomic E-state index is -1.37. The van der Waals surface area contributed by atoms with Gasteiger partial charge in [-0.1, -0.05) is 0 Å². The highest BCUT2D eigenvalue weighted by Gasteiger charge is 2.52. The van der Waals surface area contributed by atoms with E-state index in [1.807, 2.05) is 39.6 Å². The lowest BCUT2D eigenvalue weighted by molar-refractivity contribution is -0.143. The Hall–Kier alpha value is -1.75. The van der Waals surface area contributed by atoms with Gasteiger partial charge in [-0.15, -0.1) is 0 Å². The number of aromatic nitrogens is 2. The standard InChI is InChI=1S/C19H31BN4O5/c1-18(2)19(3,4)29-20(28-18)13-9-21-17(22-10-13)23(5)14-7-6-8-24(11-14)16(27)15(26)12-25/h9-10,14-15,25-26H,6-8,11-12H2,1-5H3/t14-,15?/m0/s1. The van der Waals surface area contributed by atoms with E-state index in [9.17, 15) is 9.90 Å². The molecule has 2 fully saturated rings. The van der Waals surface area contributed by atoms with Crippen LogP contribution in [0.1, 0.15) is 40.5 Å². The van der Waals surface area contributed by atoms with Crippen molar-refractivity contribution in [1.82, 2.24) is 14.9 Å². The van der Waals surface area contributed by atoms with Gasteiger partial charge in [0.2, 0.25) is 5.95 Å². The molecule has 0 saturated carbocycles. The summed E-state index contributed by atoms with van der Waals surface area (Å²) in [5.74, 6) is 0.106. The number of hydrogen-bond donors (Lipinski definition) is 2. The molecular weight excluding hydrogens is 375 g/mol. The molecule has 1 aromatic rings. The summed E-state index contributed by atoms with van der Waals surface area (Å²) in [6.45, 7) is 8.45. The first-order chi connectivity index (χ1) is 13.6. The normalized spacial score (nSPS) is 24.4. The second-order valence-electron chi connectivity index (χ2n) is 8.79. The first-order valence-electron chi connectivity index (χ1n) is 10.0. The van der Waals surface area contributed by atoms with Crippen molar-refractivity contribution >= 4 is 24.4 Å². The molecule has 10 heteroatoms. The number of rotatable bonds is 5. The molecule has 29 heavy (non-hydrogen) atoms. The van der Waals surface area contributed by atoms with E-state index in [1.165, 1.54) is 0 Å². The van der Waals surface area contributed by atoms with Crippen molar-refractivity contribution in [2.45, 2.75) is 63.9 Å². The van der Waals surface area contributed by atoms with E-state index in [0.717, 1.165) is 18.3 Å². The van der Waals surface area contributed by atoms with Crippen molar-refractivity contribution < 1.29 is 24.3 Å². The second-order valence-corrected chi connectivity index (χ2v) is 8.79. The highest BCUT2D eigenvalue weighted by molar-refractivity contribution is 6.61. The molecule has 0 aromatic carbocycles. The number of amides is 1. The van der Waals surface area contributed by atoms with E-state index < -0.39 is 36.9 Å². The van der Waals surface area contributed by atoms with E-state index >= 15 is 0 Å². The number of piperidine rings is 1. The fraction of sp³-hybridized carbons (Fsp3) is 0.737. The molecular formula is C19H31BN4O5. The third-order valence-corrected chi connectivity index (χ3v) is 6.21. The summed E-state index contributed by atoms with van der Waals surface area (Å²) in [4.78, 5) is 24.7. The third-order valence-electron chi connectivity index (χ3n) is 6.21. The fourth-order valence-corrected chi connectivity index (χ4v) is 3.54. The average Bonchev–Trinajstić information content (AvgIpc) is 2.93. The highest BCUT2D eigenvalue weighted by Crippen LogP contribution is 2.36. The molecule has 2 aliphatic heterocycles. The third kappa shape index (κ3) is 4.40. The maximum Gasteiger partial charge on any atom is 0.498 e. The molecule has 2 aliphatic rings. The number of nitrogens with zero attached hydrogens (tertiary/aromatic N) is 4. The zero-order chi connectivity index (χ0) is 21.4. The molecule has 1 unspecified atom stereocenters. The first-order valence-corrected chi connectivity index (χ1v) is 10.0. The van der Waals surface area contributed by atoms with E-state index in [1.54, 1.807) is 17.3 Å². The number of carbonyl (C=O) groups is 1. The van der Waals surface area contributed by atoms with Gasteiger partial charge < -0.3 is 29.3 Å². The van der Waals surface area contributed by atoms with Crippen LogP contribution in [0.15, 0.2) is 12.4 Å². The minimum absolute atomic E-state index is 0.0290. The molecule has 0 radical (unpaired) electrons. The number of anilines is 1. The predicted molar refractivity (Wildman–Crippen MR) is 109 cm³/mol. The Labute approximate surface area is 172 Å². The molecule has 2 saturated heterocycles. The monoisotopic (exact) mass is 406 g/mol. The van der Waals surface area contributed by atoms with Gasteiger partial charge in [-0.2, -0.15) is 0 Å². The van der Waals surface area contributed by atoms with Crippen molar-refractivity contribution in [3.05, 3.63) is 12.4 Å². The molecule has 2 N–H and O–H groups in total. The van der Waals surface area contributed by atoms with Crippen molar-refractivity contribution in [2.24, 2.45) is 0 Å². The van der Waals surface area contributed by atoms with Crippen molar-refractivity contribution in [1.29, 1.82) is 0 Å². The van der Waals surface area contributed by atoms with Gasteiger partial charge in [0.1, 0.15) is 0 Å². The number of likely N-dealkylation sites (N-methyl/N-ethyl adjacent to an activating group) is 1. The lowest BCUT2D eigenvalue weighted by Crippen LogP contribution is -2.52. The fourth-order valence-electron chi connectivity index (χ4n) is 3.54. The molecule has 160 valence electrons. The topological polar surface area (TPSA) is 108 Å². The Balaban J connectivity index is 1.66. The van der Waals surface area contributed by atoms with Crippen molar-refractivity contribution in [3.63, 3.8) is 0 Å². The van der Waals surface area contributed by atoms with Crippen molar-refractivity contribution in [3.8, 4) is 0 Å². The zero-order valence-corrected chi connectivity index (χ0v) is 17.8. The second kappa shape index (κ2) is 8.18. The quantitative estimate of drug-likeness (QED) is 0.634. The molecule has 9 nitrogen and oxygen atoms in total. The van der Waals surface area contributed by atoms with Crippen LogP contribution in [0.25, 0.3) is 0 Å². The lowest BCUT2D eigenvalue weighted by atomic mass is 9.81. The number of likely N-dealkylation sites (tertiary alicyclic amines) is 1. The van der Waals surface area contributed by atoms with Gasteiger partial charge in [0, 0.05) is 44.0 Å². The Morgan fingerprint density at radius 2 is 1.90 bits per heavy atom. The first kappa shape index (κ1) is 22.0. The number of aliphatic hydroxyl groups is 2. The van der Waals surface area contributed by atoms with Crippen LogP contribution in [0.5, 0.6) is 0 Å². The summed E-state index contributed by atoms with van der Waals surface area (Å²) in [5.41, 5.74) is -0.0957. The maximum absolute atomic E-state index is 12.2. The van der Waals surface area contributed by atoms with Crippen LogP contribution in [0.2, 0.25) is 0 Å². The largest absolute Gasteiger partial charge is 0.498 e. The van der Waals surface area contributed by atoms with Crippen LogP contribution in [0.3, 0.4) is 0 Å². The molecule has 2 atom stereocenters. The van der Waals surface area contributed by atoms with E-state index in [2.05, 4.69) is 9.97 Å². The van der Waals surface area contributed by atoms with Crippen LogP contribution >= 0.6 is 0 Å². The lowest BCUT2D eigenvalue weighted by Gasteiger charge is -2.38. The average molecular weight is 406 g/mol. The molecule has 3 rings (SSSR count). The van der Waals surface area contributed by atoms with Crippen molar-refractivity contribution in [2.75, 3.05) is 31.6 Å². The van der Waals surface area contributed by atoms with Crippen LogP contribution in [-0.2, 0) is 14.1 Å². The molecule has 3 heterocycles. The predicted octanol–water partition coefficient (Wildman–Crippen LogP) is -0.444. The molecule has 0 bridgehead atoms. The summed E-state index contributed by atoms with van der Waals surface area (Å²) in [5, 5.41) is 18.6. The van der Waals surface area contributed by atoms with Gasteiger partial charge in [-0.05, 0) is 40.5 Å². The van der Waals surface area contributed by atoms with Gasteiger partial charge in [0.05, 0.1) is 17.8 Å². The summed E-state index contributed by atoms with van der Waals surface area (Å²) in [6.07, 6.45) is 3.75. The summed E-state index contributed by atoms with van der Waals surface area (Å²) >= 11 is 0. The Morgan fingerprint density at radius 1 is 1.31 bits per heavy atom. The highest BCUT2D eigenvalue weighted by atomic mass is 16.7. The summed E-state index contributed by atoms with van der Waals surface area (Å²) in [7, 11) is 1.38. The molecule has 0 aliphatic carbocycles. The molecule has 1 amide bonds. The summed E-state index contributed by atoms with van der Waals surface area (Å²) < 4.78 is 12.1. The van der Waals surface area contributed by atoms with Crippen LogP contribution in [0.4, 0.5) is 5.95 Å². The van der Waals surface area contributed by atoms with Crippen LogP contribution < -0.4 is 10.4 Å². The smallest absolute Gasteiger partial charge is 0.399 e.